The van der Waals surface area contributed by atoms with Crippen LogP contribution in [-0.2, 0) is 0 Å². The monoisotopic (exact) mass is 300 g/mol. The van der Waals surface area contributed by atoms with Crippen LogP contribution >= 0.6 is 0 Å². The van der Waals surface area contributed by atoms with Crippen molar-refractivity contribution in [3.05, 3.63) is 48.2 Å². The standard InChI is InChI=1S/C17H20N2O3/c1-3-4-11-22-15-8-5-13(6-9-15)17(20)19-14-7-10-16(21-2)18-12-14/h5-10,12H,3-4,11H2,1-2H3,(H,19,20). The molecule has 0 saturated heterocycles. The van der Waals surface area contributed by atoms with Crippen molar-refractivity contribution in [2.45, 2.75) is 19.8 Å². The van der Waals surface area contributed by atoms with E-state index in [4.69, 9.17) is 9.47 Å². The van der Waals surface area contributed by atoms with E-state index in [1.807, 2.05) is 0 Å². The first kappa shape index (κ1) is 15.8. The van der Waals surface area contributed by atoms with Gasteiger partial charge in [-0.05, 0) is 36.8 Å². The molecule has 2 aromatic rings. The molecular formula is C17H20N2O3. The Morgan fingerprint density at radius 2 is 1.95 bits per heavy atom. The highest BCUT2D eigenvalue weighted by Crippen LogP contribution is 2.15. The number of nitrogens with one attached hydrogen (secondary N) is 1. The zero-order valence-electron chi connectivity index (χ0n) is 12.8. The molecule has 0 spiro atoms. The van der Waals surface area contributed by atoms with E-state index in [0.29, 0.717) is 23.7 Å². The zero-order valence-corrected chi connectivity index (χ0v) is 12.8. The molecule has 22 heavy (non-hydrogen) atoms. The molecule has 0 aliphatic heterocycles. The minimum Gasteiger partial charge on any atom is -0.494 e. The maximum Gasteiger partial charge on any atom is 0.255 e. The number of anilines is 1. The Morgan fingerprint density at radius 1 is 1.18 bits per heavy atom. The molecule has 0 atom stereocenters. The highest BCUT2D eigenvalue weighted by Gasteiger charge is 2.07. The van der Waals surface area contributed by atoms with Crippen LogP contribution in [0.2, 0.25) is 0 Å². The van der Waals surface area contributed by atoms with Gasteiger partial charge in [0.2, 0.25) is 5.88 Å². The topological polar surface area (TPSA) is 60.5 Å². The van der Waals surface area contributed by atoms with Gasteiger partial charge in [-0.3, -0.25) is 4.79 Å². The number of benzene rings is 1. The molecule has 2 rings (SSSR count). The molecule has 1 N–H and O–H groups in total. The molecule has 0 aliphatic rings. The highest BCUT2D eigenvalue weighted by atomic mass is 16.5. The normalized spacial score (nSPS) is 10.1. The van der Waals surface area contributed by atoms with Crippen LogP contribution in [0, 0.1) is 0 Å². The molecule has 1 amide bonds. The van der Waals surface area contributed by atoms with Gasteiger partial charge in [-0.1, -0.05) is 13.3 Å². The van der Waals surface area contributed by atoms with Gasteiger partial charge >= 0.3 is 0 Å². The Morgan fingerprint density at radius 3 is 2.55 bits per heavy atom. The summed E-state index contributed by atoms with van der Waals surface area (Å²) in [6.45, 7) is 2.81. The number of amides is 1. The fourth-order valence-electron chi connectivity index (χ4n) is 1.82. The Kier molecular flexibility index (Phi) is 5.77. The molecule has 0 unspecified atom stereocenters. The van der Waals surface area contributed by atoms with E-state index >= 15 is 0 Å². The van der Waals surface area contributed by atoms with Crippen molar-refractivity contribution in [1.29, 1.82) is 0 Å². The second-order valence-electron chi connectivity index (χ2n) is 4.77. The quantitative estimate of drug-likeness (QED) is 0.795. The molecule has 0 radical (unpaired) electrons. The number of nitrogens with zero attached hydrogens (tertiary/aromatic N) is 1. The van der Waals surface area contributed by atoms with E-state index in [2.05, 4.69) is 17.2 Å². The predicted molar refractivity (Wildman–Crippen MR) is 85.6 cm³/mol. The van der Waals surface area contributed by atoms with E-state index in [1.54, 1.807) is 49.7 Å². The van der Waals surface area contributed by atoms with Gasteiger partial charge in [0.15, 0.2) is 0 Å². The summed E-state index contributed by atoms with van der Waals surface area (Å²) < 4.78 is 10.5. The van der Waals surface area contributed by atoms with Crippen LogP contribution in [0.15, 0.2) is 42.6 Å². The van der Waals surface area contributed by atoms with Gasteiger partial charge in [0.25, 0.3) is 5.91 Å². The summed E-state index contributed by atoms with van der Waals surface area (Å²) in [5.41, 5.74) is 1.19. The first-order chi connectivity index (χ1) is 10.7. The number of carbonyl (C=O) groups excluding carboxylic acids is 1. The van der Waals surface area contributed by atoms with Gasteiger partial charge in [-0.25, -0.2) is 4.98 Å². The van der Waals surface area contributed by atoms with Crippen LogP contribution in [0.5, 0.6) is 11.6 Å². The minimum absolute atomic E-state index is 0.188. The lowest BCUT2D eigenvalue weighted by Crippen LogP contribution is -2.12. The zero-order chi connectivity index (χ0) is 15.8. The molecule has 1 heterocycles. The SMILES string of the molecule is CCCCOc1ccc(C(=O)Nc2ccc(OC)nc2)cc1. The van der Waals surface area contributed by atoms with Crippen LogP contribution in [0.4, 0.5) is 5.69 Å². The fraction of sp³-hybridized carbons (Fsp3) is 0.294. The number of unbranched alkanes of at least 4 members (excludes halogenated alkanes) is 1. The Bertz CT molecular complexity index is 594. The van der Waals surface area contributed by atoms with Crippen molar-refractivity contribution in [2.75, 3.05) is 19.0 Å². The summed E-state index contributed by atoms with van der Waals surface area (Å²) in [6, 6.07) is 10.5. The van der Waals surface area contributed by atoms with Crippen molar-refractivity contribution in [1.82, 2.24) is 4.98 Å². The number of aromatic nitrogens is 1. The van der Waals surface area contributed by atoms with Crippen molar-refractivity contribution in [2.24, 2.45) is 0 Å². The summed E-state index contributed by atoms with van der Waals surface area (Å²) >= 11 is 0. The predicted octanol–water partition coefficient (Wildman–Crippen LogP) is 3.52. The van der Waals surface area contributed by atoms with Crippen LogP contribution in [-0.4, -0.2) is 24.6 Å². The first-order valence-corrected chi connectivity index (χ1v) is 7.27. The lowest BCUT2D eigenvalue weighted by molar-refractivity contribution is 0.102. The number of hydrogen-bond acceptors (Lipinski definition) is 4. The first-order valence-electron chi connectivity index (χ1n) is 7.27. The number of carbonyl (C=O) groups is 1. The van der Waals surface area contributed by atoms with E-state index in [1.165, 1.54) is 0 Å². The van der Waals surface area contributed by atoms with Gasteiger partial charge in [0, 0.05) is 11.6 Å². The van der Waals surface area contributed by atoms with Crippen LogP contribution < -0.4 is 14.8 Å². The number of hydrogen-bond donors (Lipinski definition) is 1. The lowest BCUT2D eigenvalue weighted by Gasteiger charge is -2.08. The lowest BCUT2D eigenvalue weighted by atomic mass is 10.2. The number of ether oxygens (including phenoxy) is 2. The number of pyridine rings is 1. The number of rotatable bonds is 7. The molecular weight excluding hydrogens is 280 g/mol. The molecule has 1 aromatic heterocycles. The molecule has 0 aliphatic carbocycles. The van der Waals surface area contributed by atoms with Gasteiger partial charge in [-0.2, -0.15) is 0 Å². The van der Waals surface area contributed by atoms with Crippen molar-refractivity contribution in [3.63, 3.8) is 0 Å². The summed E-state index contributed by atoms with van der Waals surface area (Å²) in [5, 5.41) is 2.78. The van der Waals surface area contributed by atoms with E-state index in [0.717, 1.165) is 18.6 Å². The Labute approximate surface area is 130 Å². The van der Waals surface area contributed by atoms with Crippen molar-refractivity contribution < 1.29 is 14.3 Å². The fourth-order valence-corrected chi connectivity index (χ4v) is 1.82. The average molecular weight is 300 g/mol. The number of methoxy groups -OCH3 is 1. The maximum atomic E-state index is 12.1. The average Bonchev–Trinajstić information content (AvgIpc) is 2.56. The summed E-state index contributed by atoms with van der Waals surface area (Å²) in [6.07, 6.45) is 3.67. The smallest absolute Gasteiger partial charge is 0.255 e. The second kappa shape index (κ2) is 8.02. The third-order valence-electron chi connectivity index (χ3n) is 3.09. The van der Waals surface area contributed by atoms with Crippen LogP contribution in [0.1, 0.15) is 30.1 Å². The largest absolute Gasteiger partial charge is 0.494 e. The molecule has 5 heteroatoms. The third kappa shape index (κ3) is 4.48. The Balaban J connectivity index is 1.94. The second-order valence-corrected chi connectivity index (χ2v) is 4.77. The van der Waals surface area contributed by atoms with E-state index < -0.39 is 0 Å². The Hall–Kier alpha value is -2.56. The van der Waals surface area contributed by atoms with Crippen LogP contribution in [0.3, 0.4) is 0 Å². The molecule has 1 aromatic carbocycles. The molecule has 0 saturated carbocycles. The minimum atomic E-state index is -0.188. The van der Waals surface area contributed by atoms with Gasteiger partial charge in [0.1, 0.15) is 5.75 Å². The summed E-state index contributed by atoms with van der Waals surface area (Å²) in [4.78, 5) is 16.2. The van der Waals surface area contributed by atoms with E-state index in [-0.39, 0.29) is 5.91 Å². The van der Waals surface area contributed by atoms with Crippen molar-refractivity contribution >= 4 is 11.6 Å². The van der Waals surface area contributed by atoms with Crippen molar-refractivity contribution in [3.8, 4) is 11.6 Å². The van der Waals surface area contributed by atoms with Gasteiger partial charge in [-0.15, -0.1) is 0 Å². The highest BCUT2D eigenvalue weighted by molar-refractivity contribution is 6.04. The van der Waals surface area contributed by atoms with Crippen LogP contribution in [0.25, 0.3) is 0 Å². The van der Waals surface area contributed by atoms with Gasteiger partial charge < -0.3 is 14.8 Å². The van der Waals surface area contributed by atoms with Gasteiger partial charge in [0.05, 0.1) is 25.6 Å². The summed E-state index contributed by atoms with van der Waals surface area (Å²) in [5.74, 6) is 1.09. The van der Waals surface area contributed by atoms with E-state index in [9.17, 15) is 4.79 Å². The molecule has 5 nitrogen and oxygen atoms in total. The third-order valence-corrected chi connectivity index (χ3v) is 3.09. The maximum absolute atomic E-state index is 12.1. The molecule has 0 fully saturated rings. The summed E-state index contributed by atoms with van der Waals surface area (Å²) in [7, 11) is 1.55. The molecule has 116 valence electrons. The molecule has 0 bridgehead atoms.